The SMILES string of the molecule is NCCn1nc(C2CCN(C(=O)Cc3ccccc3F)C2)c2cccnc21. The molecule has 0 spiro atoms. The van der Waals surface area contributed by atoms with Crippen LogP contribution in [0.2, 0.25) is 0 Å². The lowest BCUT2D eigenvalue weighted by Gasteiger charge is -2.16. The molecule has 140 valence electrons. The van der Waals surface area contributed by atoms with Crippen LogP contribution in [0.4, 0.5) is 4.39 Å². The second kappa shape index (κ2) is 7.44. The number of benzene rings is 1. The summed E-state index contributed by atoms with van der Waals surface area (Å²) in [6.45, 7) is 2.35. The number of carbonyl (C=O) groups is 1. The van der Waals surface area contributed by atoms with Crippen molar-refractivity contribution >= 4 is 16.9 Å². The van der Waals surface area contributed by atoms with Gasteiger partial charge in [0.2, 0.25) is 5.91 Å². The van der Waals surface area contributed by atoms with E-state index in [-0.39, 0.29) is 24.1 Å². The molecule has 0 saturated carbocycles. The molecule has 1 aliphatic rings. The summed E-state index contributed by atoms with van der Waals surface area (Å²) in [5, 5.41) is 5.74. The van der Waals surface area contributed by atoms with E-state index < -0.39 is 0 Å². The van der Waals surface area contributed by atoms with Gasteiger partial charge < -0.3 is 10.6 Å². The number of nitrogens with two attached hydrogens (primary N) is 1. The molecule has 1 unspecified atom stereocenters. The number of hydrogen-bond donors (Lipinski definition) is 1. The molecule has 0 bridgehead atoms. The molecule has 3 aromatic rings. The number of likely N-dealkylation sites (tertiary alicyclic amines) is 1. The van der Waals surface area contributed by atoms with Crippen LogP contribution in [0, 0.1) is 5.82 Å². The number of rotatable bonds is 5. The fourth-order valence-corrected chi connectivity index (χ4v) is 3.74. The van der Waals surface area contributed by atoms with Gasteiger partial charge in [0.25, 0.3) is 0 Å². The Bertz CT molecular complexity index is 970. The summed E-state index contributed by atoms with van der Waals surface area (Å²) in [5.41, 5.74) is 7.92. The maximum Gasteiger partial charge on any atom is 0.227 e. The summed E-state index contributed by atoms with van der Waals surface area (Å²) < 4.78 is 15.7. The van der Waals surface area contributed by atoms with Crippen molar-refractivity contribution in [1.82, 2.24) is 19.7 Å². The second-order valence-electron chi connectivity index (χ2n) is 6.87. The van der Waals surface area contributed by atoms with Crippen LogP contribution in [-0.4, -0.2) is 45.2 Å². The summed E-state index contributed by atoms with van der Waals surface area (Å²) >= 11 is 0. The van der Waals surface area contributed by atoms with E-state index in [0.29, 0.717) is 31.7 Å². The summed E-state index contributed by atoms with van der Waals surface area (Å²) in [5.74, 6) is -0.231. The number of pyridine rings is 1. The number of aromatic nitrogens is 3. The number of nitrogens with zero attached hydrogens (tertiary/aromatic N) is 4. The Labute approximate surface area is 156 Å². The van der Waals surface area contributed by atoms with E-state index in [0.717, 1.165) is 23.1 Å². The lowest BCUT2D eigenvalue weighted by Crippen LogP contribution is -2.30. The van der Waals surface area contributed by atoms with Crippen molar-refractivity contribution in [3.8, 4) is 0 Å². The smallest absolute Gasteiger partial charge is 0.227 e. The van der Waals surface area contributed by atoms with Crippen LogP contribution in [0.25, 0.3) is 11.0 Å². The first-order chi connectivity index (χ1) is 13.2. The summed E-state index contributed by atoms with van der Waals surface area (Å²) in [4.78, 5) is 18.9. The third-order valence-electron chi connectivity index (χ3n) is 5.10. The van der Waals surface area contributed by atoms with E-state index in [1.165, 1.54) is 6.07 Å². The molecule has 0 aliphatic carbocycles. The molecule has 2 N–H and O–H groups in total. The maximum atomic E-state index is 13.8. The van der Waals surface area contributed by atoms with Crippen molar-refractivity contribution in [2.45, 2.75) is 25.3 Å². The van der Waals surface area contributed by atoms with Crippen LogP contribution in [0.1, 0.15) is 23.6 Å². The molecule has 0 radical (unpaired) electrons. The van der Waals surface area contributed by atoms with Gasteiger partial charge in [0, 0.05) is 37.1 Å². The number of fused-ring (bicyclic) bond motifs is 1. The fraction of sp³-hybridized carbons (Fsp3) is 0.350. The molecule has 1 aliphatic heterocycles. The van der Waals surface area contributed by atoms with Gasteiger partial charge in [-0.05, 0) is 30.2 Å². The van der Waals surface area contributed by atoms with Crippen LogP contribution in [0.15, 0.2) is 42.6 Å². The summed E-state index contributed by atoms with van der Waals surface area (Å²) in [6.07, 6.45) is 2.68. The minimum absolute atomic E-state index is 0.0496. The van der Waals surface area contributed by atoms with Crippen LogP contribution in [0.5, 0.6) is 0 Å². The topological polar surface area (TPSA) is 77.0 Å². The summed E-state index contributed by atoms with van der Waals surface area (Å²) in [6, 6.07) is 10.3. The number of amides is 1. The number of halogens is 1. The Hall–Kier alpha value is -2.80. The van der Waals surface area contributed by atoms with Crippen molar-refractivity contribution in [3.63, 3.8) is 0 Å². The van der Waals surface area contributed by atoms with Gasteiger partial charge >= 0.3 is 0 Å². The Morgan fingerprint density at radius 2 is 2.11 bits per heavy atom. The zero-order valence-corrected chi connectivity index (χ0v) is 15.0. The van der Waals surface area contributed by atoms with E-state index in [1.54, 1.807) is 29.3 Å². The fourth-order valence-electron chi connectivity index (χ4n) is 3.74. The largest absolute Gasteiger partial charge is 0.342 e. The Balaban J connectivity index is 1.52. The Kier molecular flexibility index (Phi) is 4.85. The molecule has 3 heterocycles. The van der Waals surface area contributed by atoms with Gasteiger partial charge in [-0.25, -0.2) is 14.1 Å². The normalized spacial score (nSPS) is 17.0. The second-order valence-corrected chi connectivity index (χ2v) is 6.87. The zero-order valence-electron chi connectivity index (χ0n) is 15.0. The van der Waals surface area contributed by atoms with Crippen LogP contribution >= 0.6 is 0 Å². The highest BCUT2D eigenvalue weighted by Gasteiger charge is 2.31. The molecule has 7 heteroatoms. The van der Waals surface area contributed by atoms with E-state index in [1.807, 2.05) is 16.8 Å². The predicted octanol–water partition coefficient (Wildman–Crippen LogP) is 2.09. The van der Waals surface area contributed by atoms with Crippen molar-refractivity contribution in [3.05, 3.63) is 59.7 Å². The molecular weight excluding hydrogens is 345 g/mol. The van der Waals surface area contributed by atoms with Crippen molar-refractivity contribution in [1.29, 1.82) is 0 Å². The van der Waals surface area contributed by atoms with Gasteiger partial charge in [-0.15, -0.1) is 0 Å². The molecule has 6 nitrogen and oxygen atoms in total. The average molecular weight is 367 g/mol. The summed E-state index contributed by atoms with van der Waals surface area (Å²) in [7, 11) is 0. The minimum Gasteiger partial charge on any atom is -0.342 e. The third kappa shape index (κ3) is 3.42. The average Bonchev–Trinajstić information content (AvgIpc) is 3.29. The molecule has 1 saturated heterocycles. The first kappa shape index (κ1) is 17.6. The minimum atomic E-state index is -0.334. The Morgan fingerprint density at radius 1 is 1.26 bits per heavy atom. The van der Waals surface area contributed by atoms with E-state index in [4.69, 9.17) is 10.8 Å². The molecule has 1 fully saturated rings. The van der Waals surface area contributed by atoms with Gasteiger partial charge in [0.15, 0.2) is 5.65 Å². The van der Waals surface area contributed by atoms with Crippen LogP contribution in [0.3, 0.4) is 0 Å². The van der Waals surface area contributed by atoms with Crippen LogP contribution < -0.4 is 5.73 Å². The molecular formula is C20H22FN5O. The number of hydrogen-bond acceptors (Lipinski definition) is 4. The van der Waals surface area contributed by atoms with Crippen molar-refractivity contribution in [2.75, 3.05) is 19.6 Å². The van der Waals surface area contributed by atoms with Gasteiger partial charge in [-0.1, -0.05) is 18.2 Å². The monoisotopic (exact) mass is 367 g/mol. The quantitative estimate of drug-likeness (QED) is 0.749. The number of carbonyl (C=O) groups excluding carboxylic acids is 1. The zero-order chi connectivity index (χ0) is 18.8. The maximum absolute atomic E-state index is 13.8. The molecule has 2 aromatic heterocycles. The highest BCUT2D eigenvalue weighted by atomic mass is 19.1. The molecule has 27 heavy (non-hydrogen) atoms. The van der Waals surface area contributed by atoms with Gasteiger partial charge in [0.05, 0.1) is 18.7 Å². The highest BCUT2D eigenvalue weighted by Crippen LogP contribution is 2.31. The van der Waals surface area contributed by atoms with Gasteiger partial charge in [-0.3, -0.25) is 4.79 Å². The lowest BCUT2D eigenvalue weighted by molar-refractivity contribution is -0.129. The van der Waals surface area contributed by atoms with Crippen molar-refractivity contribution in [2.24, 2.45) is 5.73 Å². The molecule has 4 rings (SSSR count). The van der Waals surface area contributed by atoms with Crippen LogP contribution in [-0.2, 0) is 17.8 Å². The third-order valence-corrected chi connectivity index (χ3v) is 5.10. The lowest BCUT2D eigenvalue weighted by atomic mass is 10.0. The highest BCUT2D eigenvalue weighted by molar-refractivity contribution is 5.81. The molecule has 1 aromatic carbocycles. The predicted molar refractivity (Wildman–Crippen MR) is 101 cm³/mol. The van der Waals surface area contributed by atoms with E-state index in [9.17, 15) is 9.18 Å². The molecule has 1 atom stereocenters. The first-order valence-electron chi connectivity index (χ1n) is 9.20. The Morgan fingerprint density at radius 3 is 2.93 bits per heavy atom. The van der Waals surface area contributed by atoms with Gasteiger partial charge in [-0.2, -0.15) is 5.10 Å². The van der Waals surface area contributed by atoms with Crippen molar-refractivity contribution < 1.29 is 9.18 Å². The van der Waals surface area contributed by atoms with Gasteiger partial charge in [0.1, 0.15) is 5.82 Å². The van der Waals surface area contributed by atoms with E-state index >= 15 is 0 Å². The first-order valence-corrected chi connectivity index (χ1v) is 9.20. The van der Waals surface area contributed by atoms with E-state index in [2.05, 4.69) is 4.98 Å². The standard InChI is InChI=1S/C20H22FN5O/c21-17-6-2-1-4-14(17)12-18(27)25-10-7-15(13-25)19-16-5-3-9-23-20(16)26(24-19)11-8-22/h1-6,9,15H,7-8,10-13,22H2. The molecule has 1 amide bonds.